The lowest BCUT2D eigenvalue weighted by Crippen LogP contribution is -2.38. The van der Waals surface area contributed by atoms with Gasteiger partial charge >= 0.3 is 5.97 Å². The molecule has 0 amide bonds. The Morgan fingerprint density at radius 3 is 2.31 bits per heavy atom. The van der Waals surface area contributed by atoms with Gasteiger partial charge in [0, 0.05) is 6.54 Å². The molecule has 0 aliphatic carbocycles. The molecule has 0 saturated heterocycles. The van der Waals surface area contributed by atoms with Crippen molar-refractivity contribution < 1.29 is 9.53 Å². The van der Waals surface area contributed by atoms with Crippen LogP contribution in [0.2, 0.25) is 0 Å². The molecule has 1 aromatic carbocycles. The first-order valence-corrected chi connectivity index (χ1v) is 5.34. The number of ether oxygens (including phenoxy) is 1. The molecule has 3 nitrogen and oxygen atoms in total. The Morgan fingerprint density at radius 1 is 1.25 bits per heavy atom. The molecule has 0 saturated carbocycles. The van der Waals surface area contributed by atoms with E-state index in [1.807, 2.05) is 51.0 Å². The van der Waals surface area contributed by atoms with Crippen molar-refractivity contribution in [1.29, 1.82) is 0 Å². The molecule has 0 unspecified atom stereocenters. The summed E-state index contributed by atoms with van der Waals surface area (Å²) in [7, 11) is 3.91. The van der Waals surface area contributed by atoms with Crippen LogP contribution in [0.5, 0.6) is 0 Å². The monoisotopic (exact) mass is 221 g/mol. The van der Waals surface area contributed by atoms with Crippen LogP contribution < -0.4 is 0 Å². The molecule has 1 rings (SSSR count). The minimum absolute atomic E-state index is 0.271. The van der Waals surface area contributed by atoms with E-state index in [0.717, 1.165) is 0 Å². The molecule has 0 bridgehead atoms. The Hall–Kier alpha value is -1.35. The first kappa shape index (κ1) is 12.7. The fourth-order valence-electron chi connectivity index (χ4n) is 1.68. The maximum Gasteiger partial charge on any atom is 0.338 e. The minimum Gasteiger partial charge on any atom is -0.455 e. The molecule has 0 N–H and O–H groups in total. The number of carbonyl (C=O) groups is 1. The van der Waals surface area contributed by atoms with E-state index >= 15 is 0 Å². The molecule has 0 radical (unpaired) electrons. The SMILES string of the molecule is CN(C)CC(C)(C)OC(=O)c1ccccc1. The number of likely N-dealkylation sites (N-methyl/N-ethyl adjacent to an activating group) is 1. The molecule has 0 spiro atoms. The second-order valence-corrected chi connectivity index (χ2v) is 4.75. The molecule has 0 aliphatic heterocycles. The molecule has 0 aromatic heterocycles. The lowest BCUT2D eigenvalue weighted by molar-refractivity contribution is -0.0107. The first-order valence-electron chi connectivity index (χ1n) is 5.34. The normalized spacial score (nSPS) is 11.6. The first-order chi connectivity index (χ1) is 7.41. The van der Waals surface area contributed by atoms with Gasteiger partial charge in [-0.05, 0) is 40.1 Å². The minimum atomic E-state index is -0.476. The Balaban J connectivity index is 2.64. The van der Waals surface area contributed by atoms with Crippen molar-refractivity contribution in [3.8, 4) is 0 Å². The highest BCUT2D eigenvalue weighted by atomic mass is 16.6. The van der Waals surface area contributed by atoms with E-state index in [0.29, 0.717) is 12.1 Å². The highest BCUT2D eigenvalue weighted by molar-refractivity contribution is 5.89. The van der Waals surface area contributed by atoms with Gasteiger partial charge in [0.05, 0.1) is 5.56 Å². The zero-order valence-corrected chi connectivity index (χ0v) is 10.4. The van der Waals surface area contributed by atoms with Crippen LogP contribution in [-0.4, -0.2) is 37.1 Å². The van der Waals surface area contributed by atoms with Gasteiger partial charge in [0.2, 0.25) is 0 Å². The second kappa shape index (κ2) is 5.12. The Kier molecular flexibility index (Phi) is 4.07. The molecule has 0 aliphatic rings. The molecule has 0 fully saturated rings. The summed E-state index contributed by atoms with van der Waals surface area (Å²) >= 11 is 0. The number of hydrogen-bond donors (Lipinski definition) is 0. The van der Waals surface area contributed by atoms with Gasteiger partial charge in [-0.1, -0.05) is 18.2 Å². The fourth-order valence-corrected chi connectivity index (χ4v) is 1.68. The highest BCUT2D eigenvalue weighted by Gasteiger charge is 2.24. The predicted octanol–water partition coefficient (Wildman–Crippen LogP) is 2.18. The van der Waals surface area contributed by atoms with Crippen LogP contribution in [0.1, 0.15) is 24.2 Å². The van der Waals surface area contributed by atoms with Gasteiger partial charge in [0.25, 0.3) is 0 Å². The van der Waals surface area contributed by atoms with Crippen LogP contribution in [0.4, 0.5) is 0 Å². The van der Waals surface area contributed by atoms with E-state index in [1.54, 1.807) is 12.1 Å². The number of benzene rings is 1. The van der Waals surface area contributed by atoms with E-state index in [-0.39, 0.29) is 5.97 Å². The van der Waals surface area contributed by atoms with Crippen LogP contribution in [0.25, 0.3) is 0 Å². The topological polar surface area (TPSA) is 29.5 Å². The summed E-state index contributed by atoms with van der Waals surface area (Å²) in [5, 5.41) is 0. The third-order valence-electron chi connectivity index (χ3n) is 2.08. The number of esters is 1. The Labute approximate surface area is 97.0 Å². The zero-order chi connectivity index (χ0) is 12.2. The average Bonchev–Trinajstić information content (AvgIpc) is 2.16. The predicted molar refractivity (Wildman–Crippen MR) is 64.5 cm³/mol. The van der Waals surface area contributed by atoms with Gasteiger partial charge in [0.15, 0.2) is 0 Å². The summed E-state index contributed by atoms with van der Waals surface area (Å²) < 4.78 is 5.45. The molecule has 88 valence electrons. The van der Waals surface area contributed by atoms with Gasteiger partial charge in [-0.2, -0.15) is 0 Å². The quantitative estimate of drug-likeness (QED) is 0.730. The van der Waals surface area contributed by atoms with Gasteiger partial charge < -0.3 is 9.64 Å². The third-order valence-corrected chi connectivity index (χ3v) is 2.08. The average molecular weight is 221 g/mol. The Bertz CT molecular complexity index is 344. The fraction of sp³-hybridized carbons (Fsp3) is 0.462. The lowest BCUT2D eigenvalue weighted by atomic mass is 10.1. The number of nitrogens with zero attached hydrogens (tertiary/aromatic N) is 1. The van der Waals surface area contributed by atoms with E-state index in [2.05, 4.69) is 0 Å². The second-order valence-electron chi connectivity index (χ2n) is 4.75. The van der Waals surface area contributed by atoms with Gasteiger partial charge in [0.1, 0.15) is 5.60 Å². The van der Waals surface area contributed by atoms with Gasteiger partial charge in [-0.15, -0.1) is 0 Å². The van der Waals surface area contributed by atoms with Crippen molar-refractivity contribution in [2.24, 2.45) is 0 Å². The molecule has 16 heavy (non-hydrogen) atoms. The number of rotatable bonds is 4. The lowest BCUT2D eigenvalue weighted by Gasteiger charge is -2.28. The number of carbonyl (C=O) groups excluding carboxylic acids is 1. The summed E-state index contributed by atoms with van der Waals surface area (Å²) in [6, 6.07) is 9.05. The smallest absolute Gasteiger partial charge is 0.338 e. The van der Waals surface area contributed by atoms with Gasteiger partial charge in [-0.25, -0.2) is 4.79 Å². The molecular weight excluding hydrogens is 202 g/mol. The molecule has 3 heteroatoms. The maximum atomic E-state index is 11.8. The molecule has 0 atom stereocenters. The van der Waals surface area contributed by atoms with Crippen LogP contribution >= 0.6 is 0 Å². The standard InChI is InChI=1S/C13H19NO2/c1-13(2,10-14(3)4)16-12(15)11-8-6-5-7-9-11/h5-9H,10H2,1-4H3. The van der Waals surface area contributed by atoms with E-state index in [9.17, 15) is 4.79 Å². The van der Waals surface area contributed by atoms with Crippen LogP contribution in [0.15, 0.2) is 30.3 Å². The van der Waals surface area contributed by atoms with Crippen LogP contribution in [-0.2, 0) is 4.74 Å². The summed E-state index contributed by atoms with van der Waals surface area (Å²) in [6.45, 7) is 4.52. The number of hydrogen-bond acceptors (Lipinski definition) is 3. The summed E-state index contributed by atoms with van der Waals surface area (Å²) in [5.74, 6) is -0.271. The van der Waals surface area contributed by atoms with Crippen molar-refractivity contribution in [2.75, 3.05) is 20.6 Å². The van der Waals surface area contributed by atoms with Gasteiger partial charge in [-0.3, -0.25) is 0 Å². The van der Waals surface area contributed by atoms with Crippen LogP contribution in [0, 0.1) is 0 Å². The largest absolute Gasteiger partial charge is 0.455 e. The van der Waals surface area contributed by atoms with Crippen molar-refractivity contribution in [1.82, 2.24) is 4.90 Å². The van der Waals surface area contributed by atoms with E-state index in [4.69, 9.17) is 4.74 Å². The summed E-state index contributed by atoms with van der Waals surface area (Å²) in [6.07, 6.45) is 0. The molecule has 0 heterocycles. The van der Waals surface area contributed by atoms with E-state index in [1.165, 1.54) is 0 Å². The molecule has 1 aromatic rings. The van der Waals surface area contributed by atoms with Crippen molar-refractivity contribution in [3.63, 3.8) is 0 Å². The summed E-state index contributed by atoms with van der Waals surface area (Å²) in [5.41, 5.74) is 0.116. The highest BCUT2D eigenvalue weighted by Crippen LogP contribution is 2.13. The zero-order valence-electron chi connectivity index (χ0n) is 10.4. The van der Waals surface area contributed by atoms with E-state index < -0.39 is 5.60 Å². The summed E-state index contributed by atoms with van der Waals surface area (Å²) in [4.78, 5) is 13.8. The third kappa shape index (κ3) is 4.03. The van der Waals surface area contributed by atoms with Crippen molar-refractivity contribution in [2.45, 2.75) is 19.4 Å². The van der Waals surface area contributed by atoms with Crippen LogP contribution in [0.3, 0.4) is 0 Å². The Morgan fingerprint density at radius 2 is 1.81 bits per heavy atom. The molecular formula is C13H19NO2. The maximum absolute atomic E-state index is 11.8. The van der Waals surface area contributed by atoms with Crippen molar-refractivity contribution in [3.05, 3.63) is 35.9 Å². The van der Waals surface area contributed by atoms with Crippen molar-refractivity contribution >= 4 is 5.97 Å².